The van der Waals surface area contributed by atoms with E-state index in [0.29, 0.717) is 42.0 Å². The Labute approximate surface area is 199 Å². The third kappa shape index (κ3) is 3.88. The molecule has 1 aliphatic carbocycles. The number of rotatable bonds is 5. The summed E-state index contributed by atoms with van der Waals surface area (Å²) in [6.45, 7) is 5.02. The Kier molecular flexibility index (Phi) is 5.46. The lowest BCUT2D eigenvalue weighted by molar-refractivity contribution is -0.114. The molecule has 0 bridgehead atoms. The molecule has 180 valence electrons. The molecule has 0 saturated heterocycles. The van der Waals surface area contributed by atoms with Gasteiger partial charge in [0.25, 0.3) is 16.8 Å². The van der Waals surface area contributed by atoms with E-state index in [0.717, 1.165) is 24.0 Å². The summed E-state index contributed by atoms with van der Waals surface area (Å²) in [4.78, 5) is 61.0. The van der Waals surface area contributed by atoms with Crippen LogP contribution in [0.15, 0.2) is 44.9 Å². The lowest BCUT2D eigenvalue weighted by atomic mass is 9.81. The second kappa shape index (κ2) is 8.49. The van der Waals surface area contributed by atoms with Gasteiger partial charge in [0, 0.05) is 32.8 Å². The highest BCUT2D eigenvalue weighted by atomic mass is 16.2. The van der Waals surface area contributed by atoms with Crippen LogP contribution in [-0.2, 0) is 4.79 Å². The number of fused-ring (bicyclic) bond motifs is 1. The molecule has 2 amide bonds. The number of anilines is 3. The van der Waals surface area contributed by atoms with Gasteiger partial charge in [-0.15, -0.1) is 0 Å². The average Bonchev–Trinajstić information content (AvgIpc) is 3.24. The van der Waals surface area contributed by atoms with Crippen LogP contribution in [0.25, 0.3) is 11.0 Å². The van der Waals surface area contributed by atoms with Gasteiger partial charge in [-0.2, -0.15) is 0 Å². The zero-order chi connectivity index (χ0) is 24.9. The number of nitrogens with two attached hydrogens (primary N) is 1. The smallest absolute Gasteiger partial charge is 0.272 e. The number of nitrogens with one attached hydrogen (secondary N) is 3. The van der Waals surface area contributed by atoms with E-state index in [9.17, 15) is 19.2 Å². The summed E-state index contributed by atoms with van der Waals surface area (Å²) < 4.78 is 0. The van der Waals surface area contributed by atoms with Crippen LogP contribution < -0.4 is 32.1 Å². The predicted octanol–water partition coefficient (Wildman–Crippen LogP) is 0.997. The molecule has 0 saturated carbocycles. The largest absolute Gasteiger partial charge is 0.394 e. The van der Waals surface area contributed by atoms with E-state index < -0.39 is 10.9 Å². The maximum Gasteiger partial charge on any atom is 0.272 e. The summed E-state index contributed by atoms with van der Waals surface area (Å²) in [5.74, 6) is -0.349. The van der Waals surface area contributed by atoms with E-state index in [-0.39, 0.29) is 29.1 Å². The number of hydrogen-bond donors (Lipinski definition) is 4. The first-order valence-corrected chi connectivity index (χ1v) is 11.4. The Morgan fingerprint density at radius 3 is 2.80 bits per heavy atom. The number of aromatic nitrogens is 3. The summed E-state index contributed by atoms with van der Waals surface area (Å²) in [6.07, 6.45) is 6.63. The second-order valence-electron chi connectivity index (χ2n) is 9.06. The molecule has 3 aromatic rings. The van der Waals surface area contributed by atoms with Crippen molar-refractivity contribution in [3.05, 3.63) is 61.5 Å². The summed E-state index contributed by atoms with van der Waals surface area (Å²) >= 11 is 0. The monoisotopic (exact) mass is 475 g/mol. The first-order valence-electron chi connectivity index (χ1n) is 11.4. The van der Waals surface area contributed by atoms with Crippen LogP contribution in [-0.4, -0.2) is 46.4 Å². The molecule has 0 spiro atoms. The lowest BCUT2D eigenvalue weighted by Gasteiger charge is -2.36. The van der Waals surface area contributed by atoms with Gasteiger partial charge in [0.1, 0.15) is 23.2 Å². The minimum atomic E-state index is -0.610. The molecular weight excluding hydrogens is 450 g/mol. The standard InChI is InChI=1S/C24H25N7O4/c1-11-5-13-3-4-31(21-17(25)22(33)23(21)34)9-15(13)6-14(11)7-27-24(35)20-19-18(28-10-29-20)16(8-26-19)30-12(2)32/h6,8,10-11,26H,3-5,7,9,25H2,1-2H3,(H,27,35)(H,30,32). The number of hydrogen-bond acceptors (Lipinski definition) is 8. The number of aromatic amines is 1. The molecule has 5 N–H and O–H groups in total. The minimum Gasteiger partial charge on any atom is -0.394 e. The fourth-order valence-electron chi connectivity index (χ4n) is 4.86. The van der Waals surface area contributed by atoms with Gasteiger partial charge < -0.3 is 26.3 Å². The topological polar surface area (TPSA) is 163 Å². The number of nitrogen functional groups attached to an aromatic ring is 1. The Bertz CT molecular complexity index is 1510. The van der Waals surface area contributed by atoms with E-state index in [1.54, 1.807) is 6.20 Å². The molecule has 1 aromatic carbocycles. The SMILES string of the molecule is CC(=O)Nc1c[nH]c2c(C(=O)NCC3=CC4=C(CCN(c5c(N)c(=O)c5=O)C4)CC3C)ncnc12. The molecule has 11 heteroatoms. The van der Waals surface area contributed by atoms with Crippen LogP contribution in [0, 0.1) is 5.92 Å². The fraction of sp³-hybridized carbons (Fsp3) is 0.333. The number of carbonyl (C=O) groups excluding carboxylic acids is 2. The van der Waals surface area contributed by atoms with Gasteiger partial charge >= 0.3 is 0 Å². The van der Waals surface area contributed by atoms with Gasteiger partial charge in [0.05, 0.1) is 11.2 Å². The summed E-state index contributed by atoms with van der Waals surface area (Å²) in [5.41, 5.74) is 10.1. The zero-order valence-electron chi connectivity index (χ0n) is 19.4. The molecule has 5 rings (SSSR count). The molecule has 1 atom stereocenters. The van der Waals surface area contributed by atoms with E-state index >= 15 is 0 Å². The van der Waals surface area contributed by atoms with Crippen molar-refractivity contribution < 1.29 is 9.59 Å². The zero-order valence-corrected chi connectivity index (χ0v) is 19.4. The van der Waals surface area contributed by atoms with Crippen LogP contribution in [0.2, 0.25) is 0 Å². The molecular formula is C24H25N7O4. The lowest BCUT2D eigenvalue weighted by Crippen LogP contribution is -2.45. The van der Waals surface area contributed by atoms with Crippen molar-refractivity contribution in [2.24, 2.45) is 5.92 Å². The van der Waals surface area contributed by atoms with Gasteiger partial charge in [-0.3, -0.25) is 19.2 Å². The van der Waals surface area contributed by atoms with Crippen molar-refractivity contribution >= 4 is 39.9 Å². The van der Waals surface area contributed by atoms with Crippen molar-refractivity contribution in [1.82, 2.24) is 20.3 Å². The number of carbonyl (C=O) groups is 2. The molecule has 2 aliphatic rings. The van der Waals surface area contributed by atoms with Crippen molar-refractivity contribution in [2.75, 3.05) is 35.6 Å². The van der Waals surface area contributed by atoms with Crippen LogP contribution in [0.4, 0.5) is 17.1 Å². The van der Waals surface area contributed by atoms with Crippen molar-refractivity contribution in [3.8, 4) is 0 Å². The normalized spacial score (nSPS) is 17.9. The van der Waals surface area contributed by atoms with E-state index in [1.165, 1.54) is 18.8 Å². The number of nitrogens with zero attached hydrogens (tertiary/aromatic N) is 3. The first-order chi connectivity index (χ1) is 16.7. The third-order valence-corrected chi connectivity index (χ3v) is 6.72. The second-order valence-corrected chi connectivity index (χ2v) is 9.06. The van der Waals surface area contributed by atoms with Crippen LogP contribution in [0.1, 0.15) is 37.2 Å². The van der Waals surface area contributed by atoms with E-state index in [1.807, 2.05) is 4.90 Å². The maximum absolute atomic E-state index is 13.0. The van der Waals surface area contributed by atoms with Gasteiger partial charge in [-0.25, -0.2) is 9.97 Å². The highest BCUT2D eigenvalue weighted by molar-refractivity contribution is 6.07. The van der Waals surface area contributed by atoms with Crippen LogP contribution in [0.5, 0.6) is 0 Å². The molecule has 2 aromatic heterocycles. The minimum absolute atomic E-state index is 0.0434. The van der Waals surface area contributed by atoms with Crippen LogP contribution in [0.3, 0.4) is 0 Å². The molecule has 11 nitrogen and oxygen atoms in total. The van der Waals surface area contributed by atoms with Crippen molar-refractivity contribution in [2.45, 2.75) is 26.7 Å². The first kappa shape index (κ1) is 22.5. The molecule has 0 radical (unpaired) electrons. The van der Waals surface area contributed by atoms with Crippen LogP contribution >= 0.6 is 0 Å². The maximum atomic E-state index is 13.0. The summed E-state index contributed by atoms with van der Waals surface area (Å²) in [6, 6.07) is 0. The Hall–Kier alpha value is -4.28. The summed E-state index contributed by atoms with van der Waals surface area (Å²) in [5, 5.41) is 5.62. The molecule has 0 fully saturated rings. The molecule has 1 aliphatic heterocycles. The van der Waals surface area contributed by atoms with Gasteiger partial charge in [0.15, 0.2) is 5.69 Å². The fourth-order valence-corrected chi connectivity index (χ4v) is 4.86. The summed E-state index contributed by atoms with van der Waals surface area (Å²) in [7, 11) is 0. The third-order valence-electron chi connectivity index (χ3n) is 6.72. The number of amides is 2. The van der Waals surface area contributed by atoms with Crippen molar-refractivity contribution in [3.63, 3.8) is 0 Å². The molecule has 35 heavy (non-hydrogen) atoms. The Morgan fingerprint density at radius 2 is 2.06 bits per heavy atom. The Balaban J connectivity index is 1.32. The Morgan fingerprint density at radius 1 is 1.26 bits per heavy atom. The highest BCUT2D eigenvalue weighted by Gasteiger charge is 2.30. The predicted molar refractivity (Wildman–Crippen MR) is 132 cm³/mol. The van der Waals surface area contributed by atoms with E-state index in [2.05, 4.69) is 38.6 Å². The number of H-pyrrole nitrogens is 1. The van der Waals surface area contributed by atoms with Crippen molar-refractivity contribution in [1.29, 1.82) is 0 Å². The van der Waals surface area contributed by atoms with Gasteiger partial charge in [-0.05, 0) is 29.9 Å². The van der Waals surface area contributed by atoms with E-state index in [4.69, 9.17) is 5.73 Å². The van der Waals surface area contributed by atoms with Gasteiger partial charge in [-0.1, -0.05) is 18.6 Å². The molecule has 3 heterocycles. The average molecular weight is 476 g/mol. The highest BCUT2D eigenvalue weighted by Crippen LogP contribution is 2.35. The van der Waals surface area contributed by atoms with Gasteiger partial charge in [0.2, 0.25) is 5.91 Å². The quantitative estimate of drug-likeness (QED) is 0.397. The molecule has 1 unspecified atom stereocenters.